The Kier molecular flexibility index (Phi) is 4.56. The number of ether oxygens (including phenoxy) is 2. The number of phenolic OH excluding ortho intramolecular Hbond substituents is 2. The van der Waals surface area contributed by atoms with E-state index in [4.69, 9.17) is 14.6 Å². The van der Waals surface area contributed by atoms with Crippen LogP contribution in [0.1, 0.15) is 64.6 Å². The molecule has 0 amide bonds. The highest BCUT2D eigenvalue weighted by atomic mass is 16.5. The number of ketones is 2. The summed E-state index contributed by atoms with van der Waals surface area (Å²) in [6.45, 7) is 2.87. The van der Waals surface area contributed by atoms with Crippen LogP contribution in [-0.2, 0) is 19.9 Å². The predicted octanol–water partition coefficient (Wildman–Crippen LogP) is -0.192. The second kappa shape index (κ2) is 6.84. The minimum Gasteiger partial charge on any atom is -0.507 e. The molecule has 1 aromatic carbocycles. The van der Waals surface area contributed by atoms with E-state index in [0.717, 1.165) is 0 Å². The number of Topliss-reactive ketones (excluding diaryl/α,β-unsaturated/α-hetero) is 2. The van der Waals surface area contributed by atoms with Crippen molar-refractivity contribution in [2.45, 2.75) is 68.9 Å². The van der Waals surface area contributed by atoms with Gasteiger partial charge in [-0.1, -0.05) is 0 Å². The molecule has 0 unspecified atom stereocenters. The van der Waals surface area contributed by atoms with Crippen LogP contribution in [0.15, 0.2) is 11.1 Å². The van der Waals surface area contributed by atoms with Gasteiger partial charge in [0.2, 0.25) is 0 Å². The average Bonchev–Trinajstić information content (AvgIpc) is 2.72. The van der Waals surface area contributed by atoms with E-state index >= 15 is 0 Å². The molecule has 6 N–H and O–H groups in total. The van der Waals surface area contributed by atoms with E-state index in [1.165, 1.54) is 13.8 Å². The van der Waals surface area contributed by atoms with Gasteiger partial charge in [-0.25, -0.2) is 0 Å². The lowest BCUT2D eigenvalue weighted by Gasteiger charge is -2.52. The summed E-state index contributed by atoms with van der Waals surface area (Å²) < 4.78 is 11.1. The number of benzene rings is 1. The molecule has 0 radical (unpaired) electrons. The van der Waals surface area contributed by atoms with Crippen molar-refractivity contribution in [1.82, 2.24) is 0 Å². The molecular formula is C22H22O11. The SMILES string of the molecule is C[C@@H]1O[C@@H](CC(=O)O)[C@@H](O)C2=C1C(=O)c1c(O)c3c(c(O)c1C2=O)[C@@H]1C[C@@H](O)[C@]3(O)[C@H](C)O1. The number of aliphatic hydroxyl groups is 3. The number of hydrogen-bond acceptors (Lipinski definition) is 10. The van der Waals surface area contributed by atoms with E-state index < -0.39 is 94.4 Å². The van der Waals surface area contributed by atoms with Crippen LogP contribution < -0.4 is 0 Å². The fourth-order valence-corrected chi connectivity index (χ4v) is 5.65. The van der Waals surface area contributed by atoms with Gasteiger partial charge >= 0.3 is 5.97 Å². The number of carboxylic acid groups (broad SMARTS) is 1. The maximum atomic E-state index is 13.5. The number of aliphatic hydroxyl groups excluding tert-OH is 2. The third-order valence-corrected chi connectivity index (χ3v) is 7.18. The van der Waals surface area contributed by atoms with Crippen LogP contribution in [0.25, 0.3) is 0 Å². The quantitative estimate of drug-likeness (QED) is 0.319. The van der Waals surface area contributed by atoms with Gasteiger partial charge < -0.3 is 40.1 Å². The van der Waals surface area contributed by atoms with Crippen LogP contribution in [0.3, 0.4) is 0 Å². The van der Waals surface area contributed by atoms with Crippen molar-refractivity contribution in [2.24, 2.45) is 0 Å². The zero-order chi connectivity index (χ0) is 24.1. The van der Waals surface area contributed by atoms with Gasteiger partial charge in [0.05, 0.1) is 48.1 Å². The molecule has 2 bridgehead atoms. The van der Waals surface area contributed by atoms with Gasteiger partial charge in [0.15, 0.2) is 11.6 Å². The summed E-state index contributed by atoms with van der Waals surface area (Å²) in [5.74, 6) is -4.63. The van der Waals surface area contributed by atoms with Crippen LogP contribution in [0.2, 0.25) is 0 Å². The summed E-state index contributed by atoms with van der Waals surface area (Å²) in [6, 6.07) is 0. The number of aliphatic carboxylic acids is 1. The maximum absolute atomic E-state index is 13.5. The first kappa shape index (κ1) is 22.0. The molecule has 0 aromatic heterocycles. The summed E-state index contributed by atoms with van der Waals surface area (Å²) in [4.78, 5) is 38.1. The van der Waals surface area contributed by atoms with Crippen molar-refractivity contribution in [3.05, 3.63) is 33.4 Å². The molecule has 1 saturated heterocycles. The van der Waals surface area contributed by atoms with Gasteiger partial charge in [-0.05, 0) is 13.8 Å². The Labute approximate surface area is 186 Å². The van der Waals surface area contributed by atoms with Crippen LogP contribution in [-0.4, -0.2) is 78.7 Å². The molecule has 2 aliphatic carbocycles. The van der Waals surface area contributed by atoms with Crippen molar-refractivity contribution < 1.29 is 54.5 Å². The summed E-state index contributed by atoms with van der Waals surface area (Å²) in [5.41, 5.74) is -4.34. The molecule has 0 spiro atoms. The number of hydrogen-bond donors (Lipinski definition) is 6. The van der Waals surface area contributed by atoms with E-state index in [9.17, 15) is 39.9 Å². The zero-order valence-corrected chi connectivity index (χ0v) is 17.6. The number of phenols is 2. The van der Waals surface area contributed by atoms with Gasteiger partial charge in [-0.15, -0.1) is 0 Å². The monoisotopic (exact) mass is 462 g/mol. The first-order valence-corrected chi connectivity index (χ1v) is 10.5. The molecule has 0 saturated carbocycles. The normalized spacial score (nSPS) is 37.0. The van der Waals surface area contributed by atoms with Gasteiger partial charge in [0.1, 0.15) is 23.2 Å². The van der Waals surface area contributed by atoms with Gasteiger partial charge in [0.25, 0.3) is 0 Å². The Morgan fingerprint density at radius 1 is 1.03 bits per heavy atom. The minimum absolute atomic E-state index is 0.112. The number of carbonyl (C=O) groups excluding carboxylic acids is 2. The molecule has 1 fully saturated rings. The highest BCUT2D eigenvalue weighted by Crippen LogP contribution is 2.59. The van der Waals surface area contributed by atoms with Gasteiger partial charge in [0, 0.05) is 28.7 Å². The van der Waals surface area contributed by atoms with Crippen molar-refractivity contribution in [1.29, 1.82) is 0 Å². The molecule has 3 heterocycles. The lowest BCUT2D eigenvalue weighted by Crippen LogP contribution is -2.58. The topological polar surface area (TPSA) is 191 Å². The lowest BCUT2D eigenvalue weighted by molar-refractivity contribution is -0.246. The van der Waals surface area contributed by atoms with Crippen molar-refractivity contribution in [3.63, 3.8) is 0 Å². The molecule has 176 valence electrons. The highest BCUT2D eigenvalue weighted by molar-refractivity contribution is 6.30. The smallest absolute Gasteiger partial charge is 0.306 e. The Morgan fingerprint density at radius 3 is 2.24 bits per heavy atom. The van der Waals surface area contributed by atoms with E-state index in [0.29, 0.717) is 0 Å². The highest BCUT2D eigenvalue weighted by Gasteiger charge is 2.60. The van der Waals surface area contributed by atoms with Crippen LogP contribution in [0, 0.1) is 0 Å². The molecule has 5 aliphatic rings. The van der Waals surface area contributed by atoms with Crippen molar-refractivity contribution in [3.8, 4) is 11.5 Å². The second-order valence-corrected chi connectivity index (χ2v) is 8.92. The van der Waals surface area contributed by atoms with E-state index in [1.54, 1.807) is 0 Å². The van der Waals surface area contributed by atoms with Gasteiger partial charge in [-0.2, -0.15) is 0 Å². The van der Waals surface area contributed by atoms with E-state index in [2.05, 4.69) is 0 Å². The number of rotatable bonds is 2. The van der Waals surface area contributed by atoms with Crippen LogP contribution in [0.5, 0.6) is 11.5 Å². The number of carboxylic acids is 1. The standard InChI is InChI=1S/C22H22O11/c1-5-11-13(17(26)8(32-5)4-10(24)25)20(29)14-15(18(11)27)21(30)16-12(19(14)28)7-3-9(23)22(16,31)6(2)33-7/h5-9,17,23,26,28,30-31H,3-4H2,1-2H3,(H,24,25)/t5-,6-,7-,8-,9+,17+,22+/m0/s1. The summed E-state index contributed by atoms with van der Waals surface area (Å²) >= 11 is 0. The lowest BCUT2D eigenvalue weighted by atomic mass is 9.66. The summed E-state index contributed by atoms with van der Waals surface area (Å²) in [7, 11) is 0. The van der Waals surface area contributed by atoms with Crippen molar-refractivity contribution in [2.75, 3.05) is 0 Å². The summed E-state index contributed by atoms with van der Waals surface area (Å²) in [6.07, 6.45) is -8.22. The predicted molar refractivity (Wildman–Crippen MR) is 106 cm³/mol. The molecule has 7 atom stereocenters. The zero-order valence-electron chi connectivity index (χ0n) is 17.6. The van der Waals surface area contributed by atoms with Crippen molar-refractivity contribution >= 4 is 17.5 Å². The Balaban J connectivity index is 1.76. The first-order valence-electron chi connectivity index (χ1n) is 10.5. The minimum atomic E-state index is -2.14. The Hall–Kier alpha value is -2.83. The largest absolute Gasteiger partial charge is 0.507 e. The van der Waals surface area contributed by atoms with Crippen LogP contribution >= 0.6 is 0 Å². The third kappa shape index (κ3) is 2.59. The second-order valence-electron chi connectivity index (χ2n) is 8.92. The maximum Gasteiger partial charge on any atom is 0.306 e. The molecule has 1 aromatic rings. The molecule has 33 heavy (non-hydrogen) atoms. The molecule has 11 nitrogen and oxygen atoms in total. The van der Waals surface area contributed by atoms with E-state index in [1.807, 2.05) is 0 Å². The fraction of sp³-hybridized carbons (Fsp3) is 0.500. The average molecular weight is 462 g/mol. The first-order chi connectivity index (χ1) is 15.4. The molecule has 11 heteroatoms. The van der Waals surface area contributed by atoms with E-state index in [-0.39, 0.29) is 23.1 Å². The number of fused-ring (bicyclic) bond motifs is 3. The molecule has 3 aliphatic heterocycles. The molecule has 6 rings (SSSR count). The number of carbonyl (C=O) groups is 3. The van der Waals surface area contributed by atoms with Crippen LogP contribution in [0.4, 0.5) is 0 Å². The fourth-order valence-electron chi connectivity index (χ4n) is 5.65. The number of aromatic hydroxyl groups is 2. The van der Waals surface area contributed by atoms with Gasteiger partial charge in [-0.3, -0.25) is 14.4 Å². The Morgan fingerprint density at radius 2 is 1.64 bits per heavy atom. The third-order valence-electron chi connectivity index (χ3n) is 7.18. The Bertz CT molecular complexity index is 1150. The molecular weight excluding hydrogens is 440 g/mol. The summed E-state index contributed by atoms with van der Waals surface area (Å²) in [5, 5.41) is 63.7.